The second kappa shape index (κ2) is 12.6. The van der Waals surface area contributed by atoms with E-state index in [-0.39, 0.29) is 53.3 Å². The Morgan fingerprint density at radius 3 is 2.46 bits per heavy atom. The molecule has 0 saturated heterocycles. The zero-order valence-corrected chi connectivity index (χ0v) is 29.0. The normalized spacial score (nSPS) is 14.9. The monoisotopic (exact) mass is 669 g/mol. The van der Waals surface area contributed by atoms with E-state index in [4.69, 9.17) is 19.4 Å². The number of nitrogens with one attached hydrogen (secondary N) is 1. The molecule has 2 aromatic carbocycles. The van der Waals surface area contributed by atoms with Gasteiger partial charge in [0.15, 0.2) is 5.65 Å². The first-order chi connectivity index (χ1) is 22.8. The molecule has 0 fully saturated rings. The number of aromatic nitrogens is 5. The molecule has 0 atom stereocenters. The van der Waals surface area contributed by atoms with Crippen LogP contribution in [0.5, 0.6) is 5.88 Å². The van der Waals surface area contributed by atoms with Gasteiger partial charge in [-0.1, -0.05) is 45.0 Å². The van der Waals surface area contributed by atoms with Crippen molar-refractivity contribution < 1.29 is 22.7 Å². The summed E-state index contributed by atoms with van der Waals surface area (Å²) in [6.07, 6.45) is 1.67. The summed E-state index contributed by atoms with van der Waals surface area (Å²) in [6, 6.07) is 13.5. The number of methoxy groups -OCH3 is 1. The molecule has 1 N–H and O–H groups in total. The van der Waals surface area contributed by atoms with Gasteiger partial charge in [-0.15, -0.1) is 0 Å². The van der Waals surface area contributed by atoms with Crippen LogP contribution in [0.3, 0.4) is 0 Å². The molecule has 48 heavy (non-hydrogen) atoms. The molecule has 1 aliphatic heterocycles. The summed E-state index contributed by atoms with van der Waals surface area (Å²) >= 11 is 0. The number of aryl methyl sites for hydroxylation is 3. The third-order valence-corrected chi connectivity index (χ3v) is 9.66. The van der Waals surface area contributed by atoms with Crippen molar-refractivity contribution >= 4 is 33.0 Å². The minimum absolute atomic E-state index is 0.0762. The summed E-state index contributed by atoms with van der Waals surface area (Å²) in [5.41, 5.74) is 7.36. The Morgan fingerprint density at radius 2 is 1.75 bits per heavy atom. The fraction of sp³-hybridized carbons (Fsp3) is 0.343. The van der Waals surface area contributed by atoms with Crippen LogP contribution in [0.2, 0.25) is 0 Å². The van der Waals surface area contributed by atoms with E-state index in [0.717, 1.165) is 33.5 Å². The summed E-state index contributed by atoms with van der Waals surface area (Å²) in [7, 11) is -0.547. The predicted octanol–water partition coefficient (Wildman–Crippen LogP) is 5.32. The number of rotatable bonds is 5. The van der Waals surface area contributed by atoms with Gasteiger partial charge in [0.2, 0.25) is 11.8 Å². The zero-order chi connectivity index (χ0) is 34.4. The maximum Gasteiger partial charge on any atom is 0.264 e. The molecule has 4 heterocycles. The lowest BCUT2D eigenvalue weighted by atomic mass is 9.89. The van der Waals surface area contributed by atoms with Gasteiger partial charge in [0.1, 0.15) is 12.1 Å². The first kappa shape index (κ1) is 33.0. The summed E-state index contributed by atoms with van der Waals surface area (Å²) < 4.78 is 43.2. The SMILES string of the molecule is COCc1c(C(C)(C)C)n(C)c2nc(CN3CCOc4cc(-c5c(C)cccc5C)nc(n4)NS(=O)(=O)c4cccc(c4)C3=O)cnc12. The highest BCUT2D eigenvalue weighted by molar-refractivity contribution is 7.92. The fourth-order valence-corrected chi connectivity index (χ4v) is 7.34. The molecule has 0 aliphatic carbocycles. The number of hydrogen-bond donors (Lipinski definition) is 1. The van der Waals surface area contributed by atoms with Crippen molar-refractivity contribution in [2.75, 3.05) is 25.0 Å². The van der Waals surface area contributed by atoms with Crippen LogP contribution < -0.4 is 9.46 Å². The Labute approximate surface area is 280 Å². The van der Waals surface area contributed by atoms with E-state index < -0.39 is 10.0 Å². The van der Waals surface area contributed by atoms with Crippen LogP contribution in [-0.4, -0.2) is 64.0 Å². The van der Waals surface area contributed by atoms with Crippen molar-refractivity contribution in [3.63, 3.8) is 0 Å². The van der Waals surface area contributed by atoms with Gasteiger partial charge in [0.25, 0.3) is 15.9 Å². The van der Waals surface area contributed by atoms with Gasteiger partial charge in [0.05, 0.1) is 42.2 Å². The highest BCUT2D eigenvalue weighted by Crippen LogP contribution is 2.33. The third-order valence-electron chi connectivity index (χ3n) is 8.34. The summed E-state index contributed by atoms with van der Waals surface area (Å²) in [4.78, 5) is 34.1. The number of ether oxygens (including phenoxy) is 2. The molecule has 1 amide bonds. The molecule has 6 rings (SSSR count). The molecular formula is C35H39N7O5S. The van der Waals surface area contributed by atoms with Crippen molar-refractivity contribution in [1.29, 1.82) is 0 Å². The van der Waals surface area contributed by atoms with Gasteiger partial charge in [-0.2, -0.15) is 4.98 Å². The van der Waals surface area contributed by atoms with E-state index in [9.17, 15) is 13.2 Å². The first-order valence-corrected chi connectivity index (χ1v) is 17.1. The van der Waals surface area contributed by atoms with Gasteiger partial charge in [-0.3, -0.25) is 9.78 Å². The Kier molecular flexibility index (Phi) is 8.69. The number of anilines is 1. The molecular weight excluding hydrogens is 630 g/mol. The Balaban J connectivity index is 1.41. The molecule has 0 spiro atoms. The van der Waals surface area contributed by atoms with Crippen LogP contribution in [0.1, 0.15) is 59.2 Å². The molecule has 5 aromatic rings. The number of nitrogens with zero attached hydrogens (tertiary/aromatic N) is 6. The van der Waals surface area contributed by atoms with Crippen LogP contribution in [0, 0.1) is 13.8 Å². The quantitative estimate of drug-likeness (QED) is 0.263. The molecule has 12 nitrogen and oxygen atoms in total. The second-order valence-corrected chi connectivity index (χ2v) is 14.7. The number of fused-ring (bicyclic) bond motifs is 5. The van der Waals surface area contributed by atoms with Crippen LogP contribution in [0.4, 0.5) is 5.95 Å². The Bertz CT molecular complexity index is 2130. The van der Waals surface area contributed by atoms with Crippen molar-refractivity contribution in [3.05, 3.63) is 88.4 Å². The number of hydrogen-bond acceptors (Lipinski definition) is 9. The van der Waals surface area contributed by atoms with E-state index in [0.29, 0.717) is 23.6 Å². The average Bonchev–Trinajstić information content (AvgIpc) is 3.30. The van der Waals surface area contributed by atoms with E-state index in [1.165, 1.54) is 18.2 Å². The minimum Gasteiger partial charge on any atom is -0.476 e. The highest BCUT2D eigenvalue weighted by Gasteiger charge is 2.28. The lowest BCUT2D eigenvalue weighted by Crippen LogP contribution is -2.34. The molecule has 4 bridgehead atoms. The molecule has 0 saturated carbocycles. The Morgan fingerprint density at radius 1 is 1.02 bits per heavy atom. The molecule has 0 unspecified atom stereocenters. The van der Waals surface area contributed by atoms with Gasteiger partial charge in [-0.25, -0.2) is 23.1 Å². The first-order valence-electron chi connectivity index (χ1n) is 15.6. The number of carbonyl (C=O) groups is 1. The molecule has 1 aliphatic rings. The van der Waals surface area contributed by atoms with Crippen LogP contribution in [-0.2, 0) is 40.4 Å². The number of sulfonamides is 1. The standard InChI is InChI=1S/C35H39N7O5S/c1-21-10-8-11-22(2)29(21)27-17-28-39-34(38-27)40-48(44,45)25-13-9-12-23(16-25)33(43)42(14-15-47-28)19-24-18-36-30-26(20-46-7)31(35(3,4)5)41(6)32(30)37-24/h8-13,16-18H,14-15,19-20H2,1-7H3,(H,38,39,40). The van der Waals surface area contributed by atoms with Crippen LogP contribution in [0.25, 0.3) is 22.4 Å². The molecule has 13 heteroatoms. The summed E-state index contributed by atoms with van der Waals surface area (Å²) in [5, 5.41) is 0. The lowest BCUT2D eigenvalue weighted by Gasteiger charge is -2.23. The van der Waals surface area contributed by atoms with Gasteiger partial charge < -0.3 is 18.9 Å². The summed E-state index contributed by atoms with van der Waals surface area (Å²) in [5.74, 6) is -0.344. The van der Waals surface area contributed by atoms with E-state index in [1.54, 1.807) is 30.3 Å². The van der Waals surface area contributed by atoms with Crippen molar-refractivity contribution in [1.82, 2.24) is 29.4 Å². The third kappa shape index (κ3) is 6.35. The van der Waals surface area contributed by atoms with Crippen LogP contribution >= 0.6 is 0 Å². The zero-order valence-electron chi connectivity index (χ0n) is 28.2. The predicted molar refractivity (Wildman–Crippen MR) is 182 cm³/mol. The number of carbonyl (C=O) groups excluding carboxylic acids is 1. The average molecular weight is 670 g/mol. The molecule has 3 aromatic heterocycles. The maximum absolute atomic E-state index is 14.0. The molecule has 250 valence electrons. The summed E-state index contributed by atoms with van der Waals surface area (Å²) in [6.45, 7) is 11.1. The highest BCUT2D eigenvalue weighted by atomic mass is 32.2. The van der Waals surface area contributed by atoms with Crippen LogP contribution in [0.15, 0.2) is 59.6 Å². The maximum atomic E-state index is 14.0. The van der Waals surface area contributed by atoms with Crippen molar-refractivity contribution in [2.24, 2.45) is 7.05 Å². The van der Waals surface area contributed by atoms with Crippen molar-refractivity contribution in [2.45, 2.75) is 58.1 Å². The number of benzene rings is 2. The smallest absolute Gasteiger partial charge is 0.264 e. The molecule has 0 radical (unpaired) electrons. The van der Waals surface area contributed by atoms with E-state index >= 15 is 0 Å². The van der Waals surface area contributed by atoms with E-state index in [1.807, 2.05) is 43.7 Å². The van der Waals surface area contributed by atoms with Gasteiger partial charge in [0, 0.05) is 48.0 Å². The van der Waals surface area contributed by atoms with Crippen molar-refractivity contribution in [3.8, 4) is 17.1 Å². The van der Waals surface area contributed by atoms with E-state index in [2.05, 4.69) is 35.5 Å². The fourth-order valence-electron chi connectivity index (χ4n) is 6.35. The second-order valence-electron chi connectivity index (χ2n) is 13.0. The van der Waals surface area contributed by atoms with Gasteiger partial charge in [-0.05, 0) is 43.2 Å². The lowest BCUT2D eigenvalue weighted by molar-refractivity contribution is 0.0712. The minimum atomic E-state index is -4.16. The topological polar surface area (TPSA) is 141 Å². The largest absolute Gasteiger partial charge is 0.476 e. The Hall–Kier alpha value is -4.88. The van der Waals surface area contributed by atoms with Gasteiger partial charge >= 0.3 is 0 Å². The number of amides is 1.